The van der Waals surface area contributed by atoms with Gasteiger partial charge in [0.05, 0.1) is 6.42 Å². The van der Waals surface area contributed by atoms with Crippen molar-refractivity contribution in [3.63, 3.8) is 0 Å². The van der Waals surface area contributed by atoms with Crippen LogP contribution in [0.25, 0.3) is 0 Å². The Kier molecular flexibility index (Phi) is 4.62. The number of aromatic carboxylic acids is 1. The van der Waals surface area contributed by atoms with Crippen LogP contribution in [0.1, 0.15) is 16.8 Å². The summed E-state index contributed by atoms with van der Waals surface area (Å²) in [6.45, 7) is 0.128. The summed E-state index contributed by atoms with van der Waals surface area (Å²) < 4.78 is 5.59. The van der Waals surface area contributed by atoms with E-state index in [4.69, 9.17) is 20.1 Å². The summed E-state index contributed by atoms with van der Waals surface area (Å²) in [6.07, 6.45) is -1.12. The Bertz CT molecular complexity index is 601. The average Bonchev–Trinajstić information content (AvgIpc) is 2.81. The zero-order chi connectivity index (χ0) is 16.3. The van der Waals surface area contributed by atoms with Crippen molar-refractivity contribution in [1.29, 1.82) is 0 Å². The summed E-state index contributed by atoms with van der Waals surface area (Å²) in [5.41, 5.74) is -0.0599. The predicted molar refractivity (Wildman–Crippen MR) is 73.0 cm³/mol. The molecule has 0 aromatic heterocycles. The largest absolute Gasteiger partial charge is 0.488 e. The van der Waals surface area contributed by atoms with Gasteiger partial charge < -0.3 is 25.4 Å². The van der Waals surface area contributed by atoms with Gasteiger partial charge in [0.2, 0.25) is 0 Å². The highest BCUT2D eigenvalue weighted by Crippen LogP contribution is 2.27. The van der Waals surface area contributed by atoms with Gasteiger partial charge in [0.1, 0.15) is 23.5 Å². The number of rotatable bonds is 6. The van der Waals surface area contributed by atoms with Crippen molar-refractivity contribution in [2.24, 2.45) is 5.92 Å². The summed E-state index contributed by atoms with van der Waals surface area (Å²) in [6, 6.07) is 4.90. The van der Waals surface area contributed by atoms with Gasteiger partial charge in [-0.15, -0.1) is 0 Å². The maximum atomic E-state index is 11.2. The standard InChI is InChI=1S/C14H15NO7/c16-11(17)5-8-10(6-15-12(8)14(20)21)22-9-4-2-1-3-7(9)13(18)19/h1-4,8,10,12,15H,5-6H2,(H,16,17)(H,18,19)(H,20,21)/t8?,10-,12+/m1/s1. The van der Waals surface area contributed by atoms with Crippen LogP contribution in [0.5, 0.6) is 5.75 Å². The molecule has 0 aliphatic carbocycles. The van der Waals surface area contributed by atoms with Gasteiger partial charge in [-0.2, -0.15) is 0 Å². The summed E-state index contributed by atoms with van der Waals surface area (Å²) in [5, 5.41) is 29.9. The van der Waals surface area contributed by atoms with Gasteiger partial charge in [-0.05, 0) is 12.1 Å². The number of nitrogens with one attached hydrogen (secondary N) is 1. The van der Waals surface area contributed by atoms with E-state index in [1.165, 1.54) is 18.2 Å². The molecular formula is C14H15NO7. The number of aliphatic carboxylic acids is 2. The van der Waals surface area contributed by atoms with Gasteiger partial charge in [-0.1, -0.05) is 12.1 Å². The van der Waals surface area contributed by atoms with Crippen molar-refractivity contribution in [3.8, 4) is 5.75 Å². The van der Waals surface area contributed by atoms with Gasteiger partial charge in [0, 0.05) is 12.5 Å². The molecule has 4 N–H and O–H groups in total. The van der Waals surface area contributed by atoms with Crippen LogP contribution in [0.15, 0.2) is 24.3 Å². The van der Waals surface area contributed by atoms with E-state index in [-0.39, 0.29) is 24.3 Å². The fourth-order valence-electron chi connectivity index (χ4n) is 2.52. The quantitative estimate of drug-likeness (QED) is 0.589. The summed E-state index contributed by atoms with van der Waals surface area (Å²) >= 11 is 0. The third kappa shape index (κ3) is 3.34. The van der Waals surface area contributed by atoms with Crippen molar-refractivity contribution < 1.29 is 34.4 Å². The molecule has 1 fully saturated rings. The van der Waals surface area contributed by atoms with Crippen molar-refractivity contribution in [2.45, 2.75) is 18.6 Å². The van der Waals surface area contributed by atoms with Crippen molar-refractivity contribution in [2.75, 3.05) is 6.54 Å². The highest BCUT2D eigenvalue weighted by atomic mass is 16.5. The number of carboxylic acid groups (broad SMARTS) is 3. The molecule has 1 heterocycles. The topological polar surface area (TPSA) is 133 Å². The Morgan fingerprint density at radius 2 is 1.86 bits per heavy atom. The Balaban J connectivity index is 2.22. The molecule has 1 aromatic rings. The minimum atomic E-state index is -1.17. The predicted octanol–water partition coefficient (Wildman–Crippen LogP) is 0.280. The van der Waals surface area contributed by atoms with Crippen molar-refractivity contribution in [3.05, 3.63) is 29.8 Å². The number of carboxylic acids is 3. The molecule has 118 valence electrons. The molecule has 0 spiro atoms. The number of hydrogen-bond donors (Lipinski definition) is 4. The molecule has 2 rings (SSSR count). The fourth-order valence-corrected chi connectivity index (χ4v) is 2.52. The number of hydrogen-bond acceptors (Lipinski definition) is 5. The molecule has 3 atom stereocenters. The van der Waals surface area contributed by atoms with Crippen LogP contribution < -0.4 is 10.1 Å². The van der Waals surface area contributed by atoms with Crippen LogP contribution >= 0.6 is 0 Å². The average molecular weight is 309 g/mol. The fraction of sp³-hybridized carbons (Fsp3) is 0.357. The number of ether oxygens (including phenoxy) is 1. The molecule has 1 aromatic carbocycles. The van der Waals surface area contributed by atoms with E-state index in [0.29, 0.717) is 0 Å². The molecular weight excluding hydrogens is 294 g/mol. The second kappa shape index (κ2) is 6.44. The number of carbonyl (C=O) groups is 3. The molecule has 22 heavy (non-hydrogen) atoms. The van der Waals surface area contributed by atoms with E-state index in [9.17, 15) is 14.4 Å². The molecule has 1 aliphatic heterocycles. The maximum Gasteiger partial charge on any atom is 0.339 e. The Hall–Kier alpha value is -2.61. The second-order valence-corrected chi connectivity index (χ2v) is 4.94. The van der Waals surface area contributed by atoms with Crippen LogP contribution in [0, 0.1) is 5.92 Å². The molecule has 0 saturated carbocycles. The van der Waals surface area contributed by atoms with Crippen LogP contribution in [-0.2, 0) is 9.59 Å². The van der Waals surface area contributed by atoms with Crippen molar-refractivity contribution >= 4 is 17.9 Å². The van der Waals surface area contributed by atoms with E-state index < -0.39 is 36.0 Å². The zero-order valence-corrected chi connectivity index (χ0v) is 11.4. The lowest BCUT2D eigenvalue weighted by Gasteiger charge is -2.22. The molecule has 8 nitrogen and oxygen atoms in total. The van der Waals surface area contributed by atoms with Gasteiger partial charge in [0.15, 0.2) is 0 Å². The lowest BCUT2D eigenvalue weighted by molar-refractivity contribution is -0.142. The van der Waals surface area contributed by atoms with Crippen LogP contribution in [0.3, 0.4) is 0 Å². The van der Waals surface area contributed by atoms with Gasteiger partial charge in [-0.25, -0.2) is 4.79 Å². The summed E-state index contributed by atoms with van der Waals surface area (Å²) in [5.74, 6) is -4.19. The zero-order valence-electron chi connectivity index (χ0n) is 11.4. The highest BCUT2D eigenvalue weighted by molar-refractivity contribution is 5.90. The number of para-hydroxylation sites is 1. The first-order valence-corrected chi connectivity index (χ1v) is 6.57. The second-order valence-electron chi connectivity index (χ2n) is 4.94. The molecule has 1 aliphatic rings. The molecule has 1 saturated heterocycles. The highest BCUT2D eigenvalue weighted by Gasteiger charge is 2.43. The molecule has 0 amide bonds. The first kappa shape index (κ1) is 15.8. The van der Waals surface area contributed by atoms with Crippen LogP contribution in [0.4, 0.5) is 0 Å². The lowest BCUT2D eigenvalue weighted by atomic mass is 9.94. The van der Waals surface area contributed by atoms with E-state index in [2.05, 4.69) is 5.32 Å². The molecule has 8 heteroatoms. The smallest absolute Gasteiger partial charge is 0.339 e. The normalized spacial score (nSPS) is 23.9. The maximum absolute atomic E-state index is 11.2. The van der Waals surface area contributed by atoms with Crippen LogP contribution in [-0.4, -0.2) is 51.9 Å². The van der Waals surface area contributed by atoms with E-state index >= 15 is 0 Å². The van der Waals surface area contributed by atoms with E-state index in [1.807, 2.05) is 0 Å². The van der Waals surface area contributed by atoms with E-state index in [1.54, 1.807) is 6.07 Å². The Morgan fingerprint density at radius 3 is 2.45 bits per heavy atom. The lowest BCUT2D eigenvalue weighted by Crippen LogP contribution is -2.38. The molecule has 0 bridgehead atoms. The Labute approximate surface area is 125 Å². The summed E-state index contributed by atoms with van der Waals surface area (Å²) in [4.78, 5) is 33.2. The van der Waals surface area contributed by atoms with E-state index in [0.717, 1.165) is 0 Å². The Morgan fingerprint density at radius 1 is 1.18 bits per heavy atom. The minimum absolute atomic E-state index is 0.0599. The van der Waals surface area contributed by atoms with Crippen molar-refractivity contribution in [1.82, 2.24) is 5.32 Å². The molecule has 0 radical (unpaired) electrons. The first-order chi connectivity index (χ1) is 10.4. The third-order valence-electron chi connectivity index (χ3n) is 3.52. The van der Waals surface area contributed by atoms with Crippen LogP contribution in [0.2, 0.25) is 0 Å². The minimum Gasteiger partial charge on any atom is -0.488 e. The van der Waals surface area contributed by atoms with Gasteiger partial charge in [-0.3, -0.25) is 9.59 Å². The number of benzene rings is 1. The van der Waals surface area contributed by atoms with Gasteiger partial charge in [0.25, 0.3) is 0 Å². The first-order valence-electron chi connectivity index (χ1n) is 6.57. The third-order valence-corrected chi connectivity index (χ3v) is 3.52. The molecule has 1 unspecified atom stereocenters. The SMILES string of the molecule is O=C(O)CC1[C@@H](C(=O)O)NC[C@H]1Oc1ccccc1C(=O)O. The summed E-state index contributed by atoms with van der Waals surface area (Å²) in [7, 11) is 0. The monoisotopic (exact) mass is 309 g/mol. The van der Waals surface area contributed by atoms with Gasteiger partial charge >= 0.3 is 17.9 Å².